The maximum Gasteiger partial charge on any atom is 0.341 e. The van der Waals surface area contributed by atoms with Crippen LogP contribution < -0.4 is 14.8 Å². The Morgan fingerprint density at radius 2 is 1.82 bits per heavy atom. The minimum absolute atomic E-state index is 0.226. The Hall–Kier alpha value is -3.56. The van der Waals surface area contributed by atoms with Crippen LogP contribution in [0.1, 0.15) is 34.0 Å². The highest BCUT2D eigenvalue weighted by Crippen LogP contribution is 2.41. The van der Waals surface area contributed by atoms with Crippen LogP contribution in [-0.2, 0) is 9.53 Å². The molecular weight excluding hydrogens is 520 g/mol. The van der Waals surface area contributed by atoms with Gasteiger partial charge in [0.25, 0.3) is 0 Å². The van der Waals surface area contributed by atoms with E-state index in [1.165, 1.54) is 35.8 Å². The first-order valence-corrected chi connectivity index (χ1v) is 14.0. The maximum absolute atomic E-state index is 13.2. The van der Waals surface area contributed by atoms with Crippen molar-refractivity contribution in [3.63, 3.8) is 0 Å². The number of pyridine rings is 1. The van der Waals surface area contributed by atoms with Crippen LogP contribution in [0.3, 0.4) is 0 Å². The molecule has 38 heavy (non-hydrogen) atoms. The number of carbonyl (C=O) groups excluding carboxylic acids is 2. The van der Waals surface area contributed by atoms with Gasteiger partial charge in [0, 0.05) is 16.3 Å². The summed E-state index contributed by atoms with van der Waals surface area (Å²) < 4.78 is 16.4. The molecule has 1 N–H and O–H groups in total. The van der Waals surface area contributed by atoms with Gasteiger partial charge < -0.3 is 19.5 Å². The van der Waals surface area contributed by atoms with E-state index in [0.717, 1.165) is 32.6 Å². The minimum Gasteiger partial charge on any atom is -0.486 e. The van der Waals surface area contributed by atoms with Crippen LogP contribution in [0.15, 0.2) is 46.8 Å². The average molecular weight is 549 g/mol. The first-order valence-electron chi connectivity index (χ1n) is 12.2. The summed E-state index contributed by atoms with van der Waals surface area (Å²) in [6, 6.07) is 11.8. The van der Waals surface area contributed by atoms with Crippen molar-refractivity contribution in [1.29, 1.82) is 0 Å². The van der Waals surface area contributed by atoms with E-state index in [9.17, 15) is 9.59 Å². The van der Waals surface area contributed by atoms with Crippen LogP contribution in [0.2, 0.25) is 0 Å². The number of aromatic nitrogens is 1. The minimum atomic E-state index is -0.524. The maximum atomic E-state index is 13.2. The molecule has 0 radical (unpaired) electrons. The van der Waals surface area contributed by atoms with Crippen LogP contribution in [0.4, 0.5) is 5.00 Å². The quantitative estimate of drug-likeness (QED) is 0.216. The van der Waals surface area contributed by atoms with E-state index in [4.69, 9.17) is 19.2 Å². The molecule has 3 heterocycles. The highest BCUT2D eigenvalue weighted by Gasteiger charge is 2.25. The van der Waals surface area contributed by atoms with Crippen LogP contribution in [0.25, 0.3) is 22.0 Å². The van der Waals surface area contributed by atoms with Gasteiger partial charge in [-0.15, -0.1) is 11.3 Å². The number of nitrogens with zero attached hydrogens (tertiary/aromatic N) is 1. The van der Waals surface area contributed by atoms with Crippen molar-refractivity contribution in [2.24, 2.45) is 0 Å². The van der Waals surface area contributed by atoms with Gasteiger partial charge in [0.1, 0.15) is 23.8 Å². The Balaban J connectivity index is 1.39. The van der Waals surface area contributed by atoms with Crippen molar-refractivity contribution in [1.82, 2.24) is 4.98 Å². The topological polar surface area (TPSA) is 86.8 Å². The van der Waals surface area contributed by atoms with E-state index in [-0.39, 0.29) is 5.91 Å². The van der Waals surface area contributed by atoms with Gasteiger partial charge in [-0.05, 0) is 68.7 Å². The number of anilines is 1. The molecule has 1 aliphatic rings. The van der Waals surface area contributed by atoms with E-state index >= 15 is 0 Å². The lowest BCUT2D eigenvalue weighted by Crippen LogP contribution is -2.23. The van der Waals surface area contributed by atoms with E-state index in [0.29, 0.717) is 40.8 Å². The zero-order chi connectivity index (χ0) is 27.0. The van der Waals surface area contributed by atoms with Gasteiger partial charge in [-0.2, -0.15) is 0 Å². The number of methoxy groups -OCH3 is 1. The summed E-state index contributed by atoms with van der Waals surface area (Å²) in [6.45, 7) is 8.98. The molecule has 0 saturated carbocycles. The number of benzene rings is 2. The number of aryl methyl sites for hydroxylation is 3. The summed E-state index contributed by atoms with van der Waals surface area (Å²) in [5, 5.41) is 6.67. The van der Waals surface area contributed by atoms with Gasteiger partial charge in [0.2, 0.25) is 5.91 Å². The molecule has 1 aliphatic heterocycles. The third kappa shape index (κ3) is 5.08. The van der Waals surface area contributed by atoms with Gasteiger partial charge in [0.05, 0.1) is 22.9 Å². The molecule has 5 rings (SSSR count). The fraction of sp³-hybridized carbons (Fsp3) is 0.276. The van der Waals surface area contributed by atoms with Crippen molar-refractivity contribution in [2.75, 3.05) is 25.6 Å². The molecule has 7 nitrogen and oxygen atoms in total. The molecule has 1 unspecified atom stereocenters. The summed E-state index contributed by atoms with van der Waals surface area (Å²) in [6.07, 6.45) is 0. The predicted molar refractivity (Wildman–Crippen MR) is 152 cm³/mol. The number of amides is 1. The highest BCUT2D eigenvalue weighted by molar-refractivity contribution is 8.00. The Kier molecular flexibility index (Phi) is 7.32. The number of hydrogen-bond donors (Lipinski definition) is 1. The Bertz CT molecular complexity index is 1560. The van der Waals surface area contributed by atoms with Crippen molar-refractivity contribution in [2.45, 2.75) is 38.0 Å². The molecule has 1 amide bonds. The normalized spacial score (nSPS) is 13.3. The molecule has 9 heteroatoms. The van der Waals surface area contributed by atoms with E-state index < -0.39 is 11.2 Å². The zero-order valence-electron chi connectivity index (χ0n) is 21.8. The fourth-order valence-corrected chi connectivity index (χ4v) is 6.38. The van der Waals surface area contributed by atoms with E-state index in [2.05, 4.69) is 38.2 Å². The number of rotatable bonds is 6. The molecule has 4 aromatic rings. The summed E-state index contributed by atoms with van der Waals surface area (Å²) in [4.78, 5) is 30.9. The van der Waals surface area contributed by atoms with Gasteiger partial charge in [0.15, 0.2) is 11.5 Å². The van der Waals surface area contributed by atoms with Crippen LogP contribution in [0, 0.1) is 20.8 Å². The SMILES string of the molecule is COC(=O)c1c(-c2ccc3c(c2)OCCO3)csc1NC(=O)C(C)Sc1cc(C)c2cc(C)cc(C)c2n1. The number of fused-ring (bicyclic) bond motifs is 2. The van der Waals surface area contributed by atoms with Crippen molar-refractivity contribution in [3.05, 3.63) is 64.0 Å². The van der Waals surface area contributed by atoms with Crippen LogP contribution >= 0.6 is 23.1 Å². The molecule has 2 aromatic carbocycles. The molecule has 0 fully saturated rings. The molecule has 0 bridgehead atoms. The van der Waals surface area contributed by atoms with Crippen molar-refractivity contribution >= 4 is 50.9 Å². The van der Waals surface area contributed by atoms with E-state index in [1.54, 1.807) is 0 Å². The fourth-order valence-electron chi connectivity index (χ4n) is 4.50. The number of ether oxygens (including phenoxy) is 3. The Morgan fingerprint density at radius 3 is 2.58 bits per heavy atom. The first-order chi connectivity index (χ1) is 18.2. The summed E-state index contributed by atoms with van der Waals surface area (Å²) >= 11 is 2.67. The number of nitrogens with one attached hydrogen (secondary N) is 1. The monoisotopic (exact) mass is 548 g/mol. The summed E-state index contributed by atoms with van der Waals surface area (Å²) in [7, 11) is 1.33. The lowest BCUT2D eigenvalue weighted by Gasteiger charge is -2.19. The predicted octanol–water partition coefficient (Wildman–Crippen LogP) is 6.57. The lowest BCUT2D eigenvalue weighted by molar-refractivity contribution is -0.115. The second-order valence-electron chi connectivity index (χ2n) is 9.21. The Labute approximate surface area is 229 Å². The zero-order valence-corrected chi connectivity index (χ0v) is 23.5. The second kappa shape index (κ2) is 10.7. The third-order valence-electron chi connectivity index (χ3n) is 6.37. The number of thiophene rings is 1. The lowest BCUT2D eigenvalue weighted by atomic mass is 10.0. The number of thioether (sulfide) groups is 1. The molecule has 0 aliphatic carbocycles. The van der Waals surface area contributed by atoms with Gasteiger partial charge >= 0.3 is 5.97 Å². The van der Waals surface area contributed by atoms with Gasteiger partial charge in [-0.25, -0.2) is 9.78 Å². The number of hydrogen-bond acceptors (Lipinski definition) is 8. The molecular formula is C29H28N2O5S2. The molecule has 2 aromatic heterocycles. The summed E-state index contributed by atoms with van der Waals surface area (Å²) in [5.41, 5.74) is 6.11. The van der Waals surface area contributed by atoms with Crippen LogP contribution in [-0.4, -0.2) is 42.4 Å². The molecule has 196 valence electrons. The largest absolute Gasteiger partial charge is 0.486 e. The highest BCUT2D eigenvalue weighted by atomic mass is 32.2. The second-order valence-corrected chi connectivity index (χ2v) is 11.4. The van der Waals surface area contributed by atoms with E-state index in [1.807, 2.05) is 36.6 Å². The van der Waals surface area contributed by atoms with Crippen LogP contribution in [0.5, 0.6) is 11.5 Å². The number of carbonyl (C=O) groups is 2. The van der Waals surface area contributed by atoms with Crippen molar-refractivity contribution in [3.8, 4) is 22.6 Å². The summed E-state index contributed by atoms with van der Waals surface area (Å²) in [5.74, 6) is 0.535. The van der Waals surface area contributed by atoms with Crippen molar-refractivity contribution < 1.29 is 23.8 Å². The smallest absolute Gasteiger partial charge is 0.341 e. The van der Waals surface area contributed by atoms with Gasteiger partial charge in [-0.1, -0.05) is 29.5 Å². The first kappa shape index (κ1) is 26.1. The molecule has 0 spiro atoms. The number of esters is 1. The molecule has 0 saturated heterocycles. The Morgan fingerprint density at radius 1 is 1.05 bits per heavy atom. The molecule has 1 atom stereocenters. The van der Waals surface area contributed by atoms with Gasteiger partial charge in [-0.3, -0.25) is 4.79 Å². The average Bonchev–Trinajstić information content (AvgIpc) is 3.32. The third-order valence-corrected chi connectivity index (χ3v) is 8.28. The standard InChI is InChI=1S/C29H28N2O5S2/c1-15-10-17(3)26-20(11-15)16(2)12-24(30-26)38-18(4)27(32)31-28-25(29(33)34-5)21(14-37-28)19-6-7-22-23(13-19)36-9-8-35-22/h6-7,10-14,18H,8-9H2,1-5H3,(H,31,32).